The first-order chi connectivity index (χ1) is 9.74. The summed E-state index contributed by atoms with van der Waals surface area (Å²) in [5.41, 5.74) is 0.362. The molecule has 0 heterocycles. The Bertz CT molecular complexity index is 442. The van der Waals surface area contributed by atoms with E-state index >= 15 is 0 Å². The van der Waals surface area contributed by atoms with Gasteiger partial charge in [0.2, 0.25) is 0 Å². The molecule has 2 nitrogen and oxygen atoms in total. The Balaban J connectivity index is 2.17. The first-order valence-electron chi connectivity index (χ1n) is 6.41. The van der Waals surface area contributed by atoms with Crippen LogP contribution in [0.1, 0.15) is 36.0 Å². The SMILES string of the molecule is O=C(OCCCCCC(F)(F)C(F)(F)F)c1ccccc1. The van der Waals surface area contributed by atoms with Crippen LogP contribution in [0.15, 0.2) is 30.3 Å². The largest absolute Gasteiger partial charge is 0.462 e. The van der Waals surface area contributed by atoms with E-state index in [-0.39, 0.29) is 25.9 Å². The number of carbonyl (C=O) groups excluding carboxylic acids is 1. The summed E-state index contributed by atoms with van der Waals surface area (Å²) in [6.07, 6.45) is -6.66. The van der Waals surface area contributed by atoms with E-state index in [0.29, 0.717) is 5.56 Å². The molecule has 1 aromatic carbocycles. The summed E-state index contributed by atoms with van der Waals surface area (Å²) in [6.45, 7) is -0.00861. The zero-order valence-electron chi connectivity index (χ0n) is 11.1. The van der Waals surface area contributed by atoms with Crippen LogP contribution in [0.5, 0.6) is 0 Å². The molecule has 0 amide bonds. The van der Waals surface area contributed by atoms with Gasteiger partial charge in [-0.15, -0.1) is 0 Å². The molecular weight excluding hydrogens is 295 g/mol. The number of benzene rings is 1. The van der Waals surface area contributed by atoms with E-state index in [0.717, 1.165) is 0 Å². The quantitative estimate of drug-likeness (QED) is 0.418. The maximum Gasteiger partial charge on any atom is 0.453 e. The predicted octanol–water partition coefficient (Wildman–Crippen LogP) is 4.60. The van der Waals surface area contributed by atoms with Gasteiger partial charge in [-0.3, -0.25) is 0 Å². The fraction of sp³-hybridized carbons (Fsp3) is 0.500. The fourth-order valence-corrected chi connectivity index (χ4v) is 1.59. The Hall–Kier alpha value is -1.66. The summed E-state index contributed by atoms with van der Waals surface area (Å²) in [7, 11) is 0. The molecule has 0 aromatic heterocycles. The lowest BCUT2D eigenvalue weighted by Crippen LogP contribution is -2.36. The molecule has 0 spiro atoms. The second-order valence-corrected chi connectivity index (χ2v) is 4.51. The van der Waals surface area contributed by atoms with Gasteiger partial charge in [-0.2, -0.15) is 22.0 Å². The van der Waals surface area contributed by atoms with Gasteiger partial charge in [0.15, 0.2) is 0 Å². The first kappa shape index (κ1) is 17.4. The Morgan fingerprint density at radius 1 is 0.952 bits per heavy atom. The van der Waals surface area contributed by atoms with Gasteiger partial charge in [0.1, 0.15) is 0 Å². The van der Waals surface area contributed by atoms with Crippen molar-refractivity contribution in [3.8, 4) is 0 Å². The van der Waals surface area contributed by atoms with E-state index in [1.54, 1.807) is 30.3 Å². The average molecular weight is 310 g/mol. The van der Waals surface area contributed by atoms with Crippen LogP contribution in [0.4, 0.5) is 22.0 Å². The van der Waals surface area contributed by atoms with Crippen molar-refractivity contribution in [1.82, 2.24) is 0 Å². The standard InChI is InChI=1S/C14H15F5O2/c15-13(16,14(17,18)19)9-5-2-6-10-21-12(20)11-7-3-1-4-8-11/h1,3-4,7-8H,2,5-6,9-10H2. The molecule has 7 heteroatoms. The van der Waals surface area contributed by atoms with Crippen LogP contribution in [0, 0.1) is 0 Å². The Labute approximate surface area is 118 Å². The average Bonchev–Trinajstić information content (AvgIpc) is 2.42. The number of hydrogen-bond donors (Lipinski definition) is 0. The molecule has 0 fully saturated rings. The number of halogens is 5. The molecule has 21 heavy (non-hydrogen) atoms. The Morgan fingerprint density at radius 2 is 1.57 bits per heavy atom. The number of alkyl halides is 5. The van der Waals surface area contributed by atoms with E-state index < -0.39 is 24.5 Å². The first-order valence-corrected chi connectivity index (χ1v) is 6.41. The molecule has 0 aliphatic carbocycles. The molecule has 0 saturated carbocycles. The maximum atomic E-state index is 12.6. The van der Waals surface area contributed by atoms with Crippen LogP contribution >= 0.6 is 0 Å². The maximum absolute atomic E-state index is 12.6. The monoisotopic (exact) mass is 310 g/mol. The highest BCUT2D eigenvalue weighted by Gasteiger charge is 2.56. The number of carbonyl (C=O) groups is 1. The fourth-order valence-electron chi connectivity index (χ4n) is 1.59. The van der Waals surface area contributed by atoms with Crippen molar-refractivity contribution in [2.75, 3.05) is 6.61 Å². The van der Waals surface area contributed by atoms with Gasteiger partial charge in [-0.05, 0) is 31.4 Å². The zero-order chi connectivity index (χ0) is 15.9. The number of ether oxygens (including phenoxy) is 1. The molecule has 0 unspecified atom stereocenters. The van der Waals surface area contributed by atoms with Crippen molar-refractivity contribution < 1.29 is 31.5 Å². The van der Waals surface area contributed by atoms with Crippen LogP contribution in [-0.4, -0.2) is 24.7 Å². The van der Waals surface area contributed by atoms with Crippen LogP contribution in [0.3, 0.4) is 0 Å². The molecule has 0 atom stereocenters. The third-order valence-electron chi connectivity index (χ3n) is 2.79. The minimum absolute atomic E-state index is 0.00861. The van der Waals surface area contributed by atoms with Crippen molar-refractivity contribution in [3.63, 3.8) is 0 Å². The van der Waals surface area contributed by atoms with E-state index in [1.807, 2.05) is 0 Å². The third kappa shape index (κ3) is 5.69. The highest BCUT2D eigenvalue weighted by atomic mass is 19.4. The molecule has 0 bridgehead atoms. The molecule has 0 saturated heterocycles. The summed E-state index contributed by atoms with van der Waals surface area (Å²) in [5, 5.41) is 0. The minimum Gasteiger partial charge on any atom is -0.462 e. The summed E-state index contributed by atoms with van der Waals surface area (Å²) in [5.74, 6) is -5.20. The van der Waals surface area contributed by atoms with Crippen LogP contribution < -0.4 is 0 Å². The number of rotatable bonds is 7. The summed E-state index contributed by atoms with van der Waals surface area (Å²) in [6, 6.07) is 8.18. The van der Waals surface area contributed by atoms with Crippen molar-refractivity contribution >= 4 is 5.97 Å². The van der Waals surface area contributed by atoms with Crippen LogP contribution in [0.2, 0.25) is 0 Å². The zero-order valence-corrected chi connectivity index (χ0v) is 11.1. The smallest absolute Gasteiger partial charge is 0.453 e. The van der Waals surface area contributed by atoms with Gasteiger partial charge in [0.25, 0.3) is 0 Å². The molecule has 0 N–H and O–H groups in total. The van der Waals surface area contributed by atoms with E-state index in [2.05, 4.69) is 0 Å². The Kier molecular flexibility index (Phi) is 6.11. The van der Waals surface area contributed by atoms with Gasteiger partial charge < -0.3 is 4.74 Å². The summed E-state index contributed by atoms with van der Waals surface area (Å²) >= 11 is 0. The van der Waals surface area contributed by atoms with Crippen LogP contribution in [-0.2, 0) is 4.74 Å². The molecular formula is C14H15F5O2. The highest BCUT2D eigenvalue weighted by Crippen LogP contribution is 2.39. The minimum atomic E-state index is -5.51. The highest BCUT2D eigenvalue weighted by molar-refractivity contribution is 5.89. The van der Waals surface area contributed by atoms with Crippen molar-refractivity contribution in [1.29, 1.82) is 0 Å². The second kappa shape index (κ2) is 7.38. The molecule has 118 valence electrons. The number of unbranched alkanes of at least 4 members (excludes halogenated alkanes) is 2. The Morgan fingerprint density at radius 3 is 2.14 bits per heavy atom. The van der Waals surface area contributed by atoms with Gasteiger partial charge in [-0.1, -0.05) is 18.2 Å². The van der Waals surface area contributed by atoms with Crippen molar-refractivity contribution in [2.24, 2.45) is 0 Å². The van der Waals surface area contributed by atoms with E-state index in [1.165, 1.54) is 0 Å². The molecule has 1 rings (SSSR count). The summed E-state index contributed by atoms with van der Waals surface area (Å²) < 4.78 is 65.7. The lowest BCUT2D eigenvalue weighted by Gasteiger charge is -2.19. The van der Waals surface area contributed by atoms with Gasteiger partial charge in [-0.25, -0.2) is 4.79 Å². The second-order valence-electron chi connectivity index (χ2n) is 4.51. The summed E-state index contributed by atoms with van der Waals surface area (Å²) in [4.78, 5) is 11.5. The normalized spacial score (nSPS) is 12.2. The predicted molar refractivity (Wildman–Crippen MR) is 66.2 cm³/mol. The molecule has 0 aliphatic heterocycles. The van der Waals surface area contributed by atoms with Gasteiger partial charge in [0, 0.05) is 6.42 Å². The number of esters is 1. The third-order valence-corrected chi connectivity index (χ3v) is 2.79. The lowest BCUT2D eigenvalue weighted by molar-refractivity contribution is -0.284. The number of hydrogen-bond acceptors (Lipinski definition) is 2. The lowest BCUT2D eigenvalue weighted by atomic mass is 10.1. The molecule has 0 radical (unpaired) electrons. The van der Waals surface area contributed by atoms with E-state index in [4.69, 9.17) is 4.74 Å². The van der Waals surface area contributed by atoms with Gasteiger partial charge in [0.05, 0.1) is 12.2 Å². The molecule has 0 aliphatic rings. The topological polar surface area (TPSA) is 26.3 Å². The van der Waals surface area contributed by atoms with Crippen molar-refractivity contribution in [3.05, 3.63) is 35.9 Å². The van der Waals surface area contributed by atoms with Crippen LogP contribution in [0.25, 0.3) is 0 Å². The van der Waals surface area contributed by atoms with Crippen molar-refractivity contribution in [2.45, 2.75) is 37.8 Å². The molecule has 1 aromatic rings. The van der Waals surface area contributed by atoms with E-state index in [9.17, 15) is 26.7 Å². The van der Waals surface area contributed by atoms with Gasteiger partial charge >= 0.3 is 18.1 Å².